The van der Waals surface area contributed by atoms with Crippen LogP contribution in [0.1, 0.15) is 44.6 Å². The zero-order chi connectivity index (χ0) is 13.2. The average molecular weight is 257 g/mol. The topological polar surface area (TPSA) is 12.0 Å². The summed E-state index contributed by atoms with van der Waals surface area (Å²) in [5, 5.41) is 3.65. The van der Waals surface area contributed by atoms with Crippen LogP contribution in [0.3, 0.4) is 0 Å². The van der Waals surface area contributed by atoms with Crippen molar-refractivity contribution in [1.82, 2.24) is 5.32 Å². The molecule has 1 aromatic rings. The van der Waals surface area contributed by atoms with E-state index in [1.165, 1.54) is 32.4 Å². The maximum atomic E-state index is 3.65. The molecule has 1 aromatic carbocycles. The van der Waals surface area contributed by atoms with E-state index >= 15 is 0 Å². The fraction of sp³-hybridized carbons (Fsp3) is 0.667. The quantitative estimate of drug-likeness (QED) is 0.810. The second-order valence-corrected chi connectivity index (χ2v) is 6.97. The van der Waals surface area contributed by atoms with Crippen LogP contribution in [0.15, 0.2) is 30.3 Å². The third-order valence-corrected chi connectivity index (χ3v) is 5.05. The summed E-state index contributed by atoms with van der Waals surface area (Å²) in [5.74, 6) is 4.60. The van der Waals surface area contributed by atoms with E-state index in [-0.39, 0.29) is 0 Å². The first-order chi connectivity index (χ1) is 9.25. The molecule has 0 saturated heterocycles. The van der Waals surface area contributed by atoms with Crippen molar-refractivity contribution in [2.24, 2.45) is 23.7 Å². The third kappa shape index (κ3) is 3.02. The molecule has 0 aliphatic heterocycles. The number of hydrogen-bond donors (Lipinski definition) is 1. The first kappa shape index (κ1) is 13.2. The van der Waals surface area contributed by atoms with Crippen molar-refractivity contribution in [3.05, 3.63) is 35.9 Å². The van der Waals surface area contributed by atoms with Gasteiger partial charge in [-0.15, -0.1) is 0 Å². The molecule has 0 spiro atoms. The molecule has 0 bridgehead atoms. The lowest BCUT2D eigenvalue weighted by atomic mass is 9.70. The van der Waals surface area contributed by atoms with Gasteiger partial charge in [0.2, 0.25) is 0 Å². The Morgan fingerprint density at radius 2 is 1.89 bits per heavy atom. The molecule has 3 rings (SSSR count). The molecule has 104 valence electrons. The minimum atomic E-state index is 0.775. The highest BCUT2D eigenvalue weighted by Gasteiger charge is 2.49. The second kappa shape index (κ2) is 5.66. The molecule has 1 N–H and O–H groups in total. The Hall–Kier alpha value is -0.820. The summed E-state index contributed by atoms with van der Waals surface area (Å²) < 4.78 is 0. The van der Waals surface area contributed by atoms with Gasteiger partial charge in [0, 0.05) is 0 Å². The van der Waals surface area contributed by atoms with Gasteiger partial charge in [-0.05, 0) is 67.5 Å². The van der Waals surface area contributed by atoms with Crippen molar-refractivity contribution in [2.45, 2.75) is 39.0 Å². The van der Waals surface area contributed by atoms with Crippen LogP contribution in [-0.4, -0.2) is 13.1 Å². The Morgan fingerprint density at radius 3 is 2.53 bits per heavy atom. The van der Waals surface area contributed by atoms with Crippen LogP contribution in [0.25, 0.3) is 0 Å². The molecule has 1 nitrogen and oxygen atoms in total. The van der Waals surface area contributed by atoms with Gasteiger partial charge in [0.1, 0.15) is 0 Å². The van der Waals surface area contributed by atoms with Crippen LogP contribution in [0.4, 0.5) is 0 Å². The molecule has 0 radical (unpaired) electrons. The van der Waals surface area contributed by atoms with E-state index in [4.69, 9.17) is 0 Å². The van der Waals surface area contributed by atoms with Crippen molar-refractivity contribution in [2.75, 3.05) is 13.1 Å². The number of nitrogens with one attached hydrogen (secondary N) is 1. The molecule has 1 heteroatoms. The maximum Gasteiger partial charge on any atom is -0.00176 e. The zero-order valence-electron chi connectivity index (χ0n) is 12.3. The van der Waals surface area contributed by atoms with E-state index in [1.807, 2.05) is 0 Å². The van der Waals surface area contributed by atoms with Gasteiger partial charge in [-0.25, -0.2) is 0 Å². The third-order valence-electron chi connectivity index (χ3n) is 5.05. The first-order valence-electron chi connectivity index (χ1n) is 8.01. The molecule has 2 fully saturated rings. The molecule has 4 unspecified atom stereocenters. The van der Waals surface area contributed by atoms with E-state index < -0.39 is 0 Å². The average Bonchev–Trinajstić information content (AvgIpc) is 3.14. The highest BCUT2D eigenvalue weighted by molar-refractivity contribution is 5.26. The first-order valence-corrected chi connectivity index (χ1v) is 8.01. The van der Waals surface area contributed by atoms with Gasteiger partial charge in [-0.2, -0.15) is 0 Å². The minimum absolute atomic E-state index is 0.775. The fourth-order valence-corrected chi connectivity index (χ4v) is 3.74. The molecular formula is C18H27N. The van der Waals surface area contributed by atoms with Crippen LogP contribution < -0.4 is 5.32 Å². The summed E-state index contributed by atoms with van der Waals surface area (Å²) in [7, 11) is 0. The predicted octanol–water partition coefficient (Wildman–Crippen LogP) is 4.06. The van der Waals surface area contributed by atoms with Gasteiger partial charge in [-0.3, -0.25) is 0 Å². The van der Waals surface area contributed by atoms with Gasteiger partial charge < -0.3 is 5.32 Å². The summed E-state index contributed by atoms with van der Waals surface area (Å²) >= 11 is 0. The second-order valence-electron chi connectivity index (χ2n) is 6.97. The normalized spacial score (nSPS) is 33.2. The van der Waals surface area contributed by atoms with Crippen LogP contribution in [-0.2, 0) is 0 Å². The molecular weight excluding hydrogens is 230 g/mol. The van der Waals surface area contributed by atoms with Gasteiger partial charge >= 0.3 is 0 Å². The molecule has 0 aromatic heterocycles. The van der Waals surface area contributed by atoms with Crippen molar-refractivity contribution in [1.29, 1.82) is 0 Å². The smallest absolute Gasteiger partial charge is 0.00176 e. The lowest BCUT2D eigenvalue weighted by molar-refractivity contribution is 0.143. The Morgan fingerprint density at radius 1 is 1.11 bits per heavy atom. The van der Waals surface area contributed by atoms with Crippen LogP contribution in [0.2, 0.25) is 0 Å². The van der Waals surface area contributed by atoms with Crippen molar-refractivity contribution in [3.8, 4) is 0 Å². The predicted molar refractivity (Wildman–Crippen MR) is 81.2 cm³/mol. The van der Waals surface area contributed by atoms with Crippen LogP contribution >= 0.6 is 0 Å². The summed E-state index contributed by atoms with van der Waals surface area (Å²) in [4.78, 5) is 0. The summed E-state index contributed by atoms with van der Waals surface area (Å²) in [5.41, 5.74) is 1.58. The van der Waals surface area contributed by atoms with Crippen LogP contribution in [0.5, 0.6) is 0 Å². The number of hydrogen-bond acceptors (Lipinski definition) is 1. The standard InChI is InChI=1S/C18H27N/c1-13(2)11-19-12-15-8-9-16(15)18-10-17(18)14-6-4-3-5-7-14/h3-7,13,15-19H,8-12H2,1-2H3. The highest BCUT2D eigenvalue weighted by atomic mass is 14.9. The summed E-state index contributed by atoms with van der Waals surface area (Å²) in [6.07, 6.45) is 4.37. The fourth-order valence-electron chi connectivity index (χ4n) is 3.74. The van der Waals surface area contributed by atoms with E-state index in [1.54, 1.807) is 5.56 Å². The zero-order valence-corrected chi connectivity index (χ0v) is 12.3. The molecule has 4 atom stereocenters. The Bertz CT molecular complexity index is 397. The highest BCUT2D eigenvalue weighted by Crippen LogP contribution is 2.58. The Kier molecular flexibility index (Phi) is 3.93. The minimum Gasteiger partial charge on any atom is -0.316 e. The van der Waals surface area contributed by atoms with E-state index in [0.717, 1.165) is 29.6 Å². The Labute approximate surface area is 117 Å². The molecule has 19 heavy (non-hydrogen) atoms. The molecule has 0 amide bonds. The van der Waals surface area contributed by atoms with Crippen molar-refractivity contribution >= 4 is 0 Å². The van der Waals surface area contributed by atoms with E-state index in [9.17, 15) is 0 Å². The number of rotatable bonds is 6. The van der Waals surface area contributed by atoms with E-state index in [0.29, 0.717) is 0 Å². The van der Waals surface area contributed by atoms with Gasteiger partial charge in [0.25, 0.3) is 0 Å². The Balaban J connectivity index is 1.47. The molecule has 2 aliphatic carbocycles. The van der Waals surface area contributed by atoms with Gasteiger partial charge in [-0.1, -0.05) is 44.2 Å². The lowest BCUT2D eigenvalue weighted by Gasteiger charge is -2.38. The molecule has 0 heterocycles. The van der Waals surface area contributed by atoms with Crippen LogP contribution in [0, 0.1) is 23.7 Å². The lowest BCUT2D eigenvalue weighted by Crippen LogP contribution is -2.37. The summed E-state index contributed by atoms with van der Waals surface area (Å²) in [6.45, 7) is 7.01. The summed E-state index contributed by atoms with van der Waals surface area (Å²) in [6, 6.07) is 11.1. The van der Waals surface area contributed by atoms with Gasteiger partial charge in [0.05, 0.1) is 0 Å². The van der Waals surface area contributed by atoms with E-state index in [2.05, 4.69) is 49.5 Å². The maximum absolute atomic E-state index is 3.65. The SMILES string of the molecule is CC(C)CNCC1CCC1C1CC1c1ccccc1. The monoisotopic (exact) mass is 257 g/mol. The van der Waals surface area contributed by atoms with Crippen molar-refractivity contribution in [3.63, 3.8) is 0 Å². The van der Waals surface area contributed by atoms with Crippen molar-refractivity contribution < 1.29 is 0 Å². The largest absolute Gasteiger partial charge is 0.316 e. The van der Waals surface area contributed by atoms with Gasteiger partial charge in [0.15, 0.2) is 0 Å². The number of benzene rings is 1. The molecule has 2 aliphatic rings. The molecule has 2 saturated carbocycles.